The van der Waals surface area contributed by atoms with E-state index in [2.05, 4.69) is 10.6 Å². The average Bonchev–Trinajstić information content (AvgIpc) is 2.38. The fourth-order valence-corrected chi connectivity index (χ4v) is 2.22. The van der Waals surface area contributed by atoms with Crippen LogP contribution in [0.1, 0.15) is 19.8 Å². The summed E-state index contributed by atoms with van der Waals surface area (Å²) in [5.74, 6) is -1.70. The van der Waals surface area contributed by atoms with Crippen LogP contribution in [0.2, 0.25) is 10.0 Å². The van der Waals surface area contributed by atoms with Crippen molar-refractivity contribution in [2.45, 2.75) is 19.8 Å². The van der Waals surface area contributed by atoms with E-state index in [4.69, 9.17) is 28.3 Å². The van der Waals surface area contributed by atoms with Crippen molar-refractivity contribution in [3.05, 3.63) is 28.0 Å². The van der Waals surface area contributed by atoms with Gasteiger partial charge in [-0.15, -0.1) is 0 Å². The molecule has 1 atom stereocenters. The Labute approximate surface area is 131 Å². The van der Waals surface area contributed by atoms with Gasteiger partial charge in [-0.1, -0.05) is 36.5 Å². The lowest BCUT2D eigenvalue weighted by atomic mass is 10.0. The number of hydrogen-bond donors (Lipinski definition) is 3. The van der Waals surface area contributed by atoms with Crippen LogP contribution in [0.25, 0.3) is 0 Å². The fraction of sp³-hybridized carbons (Fsp3) is 0.385. The summed E-state index contributed by atoms with van der Waals surface area (Å²) >= 11 is 11.6. The molecule has 1 aromatic rings. The van der Waals surface area contributed by atoms with E-state index >= 15 is 0 Å². The standard InChI is InChI=1S/C13H15Cl2FN2O3/c1-2-7(3-11(19)20)6-17-13(21)18-12-9(14)4-8(16)5-10(12)15/h4-5,7H,2-3,6H2,1H3,(H,19,20)(H2,17,18,21). The molecule has 3 N–H and O–H groups in total. The largest absolute Gasteiger partial charge is 0.481 e. The Balaban J connectivity index is 2.60. The Morgan fingerprint density at radius 1 is 1.33 bits per heavy atom. The van der Waals surface area contributed by atoms with Gasteiger partial charge >= 0.3 is 12.0 Å². The number of nitrogens with one attached hydrogen (secondary N) is 2. The molecule has 1 rings (SSSR count). The van der Waals surface area contributed by atoms with Crippen LogP contribution in [0.15, 0.2) is 12.1 Å². The van der Waals surface area contributed by atoms with Crippen LogP contribution in [0.3, 0.4) is 0 Å². The lowest BCUT2D eigenvalue weighted by molar-refractivity contribution is -0.138. The van der Waals surface area contributed by atoms with E-state index in [-0.39, 0.29) is 34.6 Å². The fourth-order valence-electron chi connectivity index (χ4n) is 1.66. The van der Waals surface area contributed by atoms with Crippen LogP contribution in [-0.2, 0) is 4.79 Å². The van der Waals surface area contributed by atoms with Crippen molar-refractivity contribution in [1.82, 2.24) is 5.32 Å². The predicted molar refractivity (Wildman–Crippen MR) is 79.5 cm³/mol. The Kier molecular flexibility index (Phi) is 6.71. The molecule has 0 aliphatic carbocycles. The Morgan fingerprint density at radius 2 is 1.90 bits per heavy atom. The van der Waals surface area contributed by atoms with Gasteiger partial charge in [0, 0.05) is 13.0 Å². The molecule has 0 saturated heterocycles. The first-order valence-electron chi connectivity index (χ1n) is 6.24. The molecule has 0 aliphatic rings. The van der Waals surface area contributed by atoms with E-state index in [1.807, 2.05) is 6.92 Å². The number of rotatable bonds is 6. The zero-order valence-electron chi connectivity index (χ0n) is 11.3. The molecule has 1 aromatic carbocycles. The molecular formula is C13H15Cl2FN2O3. The second kappa shape index (κ2) is 8.05. The van der Waals surface area contributed by atoms with E-state index in [0.717, 1.165) is 12.1 Å². The van der Waals surface area contributed by atoms with Crippen molar-refractivity contribution in [1.29, 1.82) is 0 Å². The Morgan fingerprint density at radius 3 is 2.38 bits per heavy atom. The molecule has 0 radical (unpaired) electrons. The maximum atomic E-state index is 13.0. The quantitative estimate of drug-likeness (QED) is 0.740. The normalized spacial score (nSPS) is 11.8. The maximum Gasteiger partial charge on any atom is 0.319 e. The highest BCUT2D eigenvalue weighted by Crippen LogP contribution is 2.31. The van der Waals surface area contributed by atoms with Crippen molar-refractivity contribution in [3.8, 4) is 0 Å². The summed E-state index contributed by atoms with van der Waals surface area (Å²) in [4.78, 5) is 22.4. The molecule has 0 aromatic heterocycles. The second-order valence-corrected chi connectivity index (χ2v) is 5.27. The van der Waals surface area contributed by atoms with E-state index in [1.54, 1.807) is 0 Å². The molecule has 0 saturated carbocycles. The molecule has 5 nitrogen and oxygen atoms in total. The summed E-state index contributed by atoms with van der Waals surface area (Å²) in [6.45, 7) is 2.03. The minimum atomic E-state index is -0.923. The predicted octanol–water partition coefficient (Wildman–Crippen LogP) is 3.75. The van der Waals surface area contributed by atoms with Crippen LogP contribution in [-0.4, -0.2) is 23.7 Å². The van der Waals surface area contributed by atoms with Gasteiger partial charge in [0.25, 0.3) is 0 Å². The molecule has 0 fully saturated rings. The molecular weight excluding hydrogens is 322 g/mol. The molecule has 21 heavy (non-hydrogen) atoms. The second-order valence-electron chi connectivity index (χ2n) is 4.45. The van der Waals surface area contributed by atoms with Crippen molar-refractivity contribution in [2.24, 2.45) is 5.92 Å². The summed E-state index contributed by atoms with van der Waals surface area (Å²) in [5, 5.41) is 13.6. The van der Waals surface area contributed by atoms with Gasteiger partial charge in [0.05, 0.1) is 15.7 Å². The van der Waals surface area contributed by atoms with E-state index in [0.29, 0.717) is 6.42 Å². The third-order valence-corrected chi connectivity index (χ3v) is 3.43. The third kappa shape index (κ3) is 5.77. The van der Waals surface area contributed by atoms with Gasteiger partial charge in [0.1, 0.15) is 5.82 Å². The van der Waals surface area contributed by atoms with E-state index < -0.39 is 17.8 Å². The van der Waals surface area contributed by atoms with Crippen molar-refractivity contribution >= 4 is 40.9 Å². The number of carboxylic acids is 1. The highest BCUT2D eigenvalue weighted by molar-refractivity contribution is 6.39. The number of carbonyl (C=O) groups is 2. The summed E-state index contributed by atoms with van der Waals surface area (Å²) < 4.78 is 13.0. The highest BCUT2D eigenvalue weighted by atomic mass is 35.5. The maximum absolute atomic E-state index is 13.0. The van der Waals surface area contributed by atoms with Gasteiger partial charge in [0.15, 0.2) is 0 Å². The molecule has 2 amide bonds. The number of halogens is 3. The van der Waals surface area contributed by atoms with Crippen LogP contribution >= 0.6 is 23.2 Å². The zero-order chi connectivity index (χ0) is 16.0. The first-order valence-corrected chi connectivity index (χ1v) is 7.00. The van der Waals surface area contributed by atoms with Gasteiger partial charge in [-0.05, 0) is 18.1 Å². The monoisotopic (exact) mass is 336 g/mol. The number of benzene rings is 1. The van der Waals surface area contributed by atoms with Crippen molar-refractivity contribution in [3.63, 3.8) is 0 Å². The Bertz CT molecular complexity index is 517. The summed E-state index contributed by atoms with van der Waals surface area (Å²) in [6.07, 6.45) is 0.583. The van der Waals surface area contributed by atoms with E-state index in [9.17, 15) is 14.0 Å². The van der Waals surface area contributed by atoms with Crippen molar-refractivity contribution in [2.75, 3.05) is 11.9 Å². The number of aliphatic carboxylic acids is 1. The Hall–Kier alpha value is -1.53. The number of urea groups is 1. The molecule has 0 heterocycles. The van der Waals surface area contributed by atoms with Gasteiger partial charge in [-0.2, -0.15) is 0 Å². The smallest absolute Gasteiger partial charge is 0.319 e. The minimum absolute atomic E-state index is 0.0206. The molecule has 0 spiro atoms. The first-order chi connectivity index (χ1) is 9.83. The van der Waals surface area contributed by atoms with E-state index in [1.165, 1.54) is 0 Å². The lowest BCUT2D eigenvalue weighted by Crippen LogP contribution is -2.33. The van der Waals surface area contributed by atoms with Gasteiger partial charge < -0.3 is 15.7 Å². The first kappa shape index (κ1) is 17.5. The van der Waals surface area contributed by atoms with Gasteiger partial charge in [0.2, 0.25) is 0 Å². The van der Waals surface area contributed by atoms with Crippen LogP contribution in [0, 0.1) is 11.7 Å². The molecule has 0 aliphatic heterocycles. The molecule has 0 bridgehead atoms. The third-order valence-electron chi connectivity index (χ3n) is 2.84. The lowest BCUT2D eigenvalue weighted by Gasteiger charge is -2.15. The number of hydrogen-bond acceptors (Lipinski definition) is 2. The minimum Gasteiger partial charge on any atom is -0.481 e. The van der Waals surface area contributed by atoms with Gasteiger partial charge in [-0.3, -0.25) is 4.79 Å². The van der Waals surface area contributed by atoms with Crippen LogP contribution in [0.5, 0.6) is 0 Å². The van der Waals surface area contributed by atoms with Crippen LogP contribution in [0.4, 0.5) is 14.9 Å². The SMILES string of the molecule is CCC(CNC(=O)Nc1c(Cl)cc(F)cc1Cl)CC(=O)O. The summed E-state index contributed by atoms with van der Waals surface area (Å²) in [5.41, 5.74) is 0.100. The van der Waals surface area contributed by atoms with Gasteiger partial charge in [-0.25, -0.2) is 9.18 Å². The molecule has 8 heteroatoms. The number of carbonyl (C=O) groups excluding carboxylic acids is 1. The zero-order valence-corrected chi connectivity index (χ0v) is 12.8. The summed E-state index contributed by atoms with van der Waals surface area (Å²) in [6, 6.07) is 1.47. The van der Waals surface area contributed by atoms with Crippen molar-refractivity contribution < 1.29 is 19.1 Å². The highest BCUT2D eigenvalue weighted by Gasteiger charge is 2.15. The number of anilines is 1. The summed E-state index contributed by atoms with van der Waals surface area (Å²) in [7, 11) is 0. The van der Waals surface area contributed by atoms with Crippen LogP contribution < -0.4 is 10.6 Å². The molecule has 1 unspecified atom stereocenters. The average molecular weight is 337 g/mol. The number of amides is 2. The number of carboxylic acid groups (broad SMARTS) is 1. The molecule has 116 valence electrons. The topological polar surface area (TPSA) is 78.4 Å².